The largest absolute Gasteiger partial charge is 0.493 e. The Balaban J connectivity index is -0.000000466. The molecule has 2 rings (SSSR count). The van der Waals surface area contributed by atoms with Gasteiger partial charge in [-0.25, -0.2) is 0 Å². The van der Waals surface area contributed by atoms with Gasteiger partial charge >= 0.3 is 0 Å². The van der Waals surface area contributed by atoms with Crippen LogP contribution in [0.4, 0.5) is 0 Å². The molecule has 0 amide bonds. The van der Waals surface area contributed by atoms with Gasteiger partial charge in [0, 0.05) is 29.8 Å². The standard InChI is InChI=1S/C12H19NO2.C12H17N.3C2H6/c1-10-7-8-12(15-3)11(14-2)6-4-5-9-13-10;1-6-8-10-11(7-2)13-9(3)12(10,4)5;3*1-2/h6,8H,4-5,7,9H2,1-3H3;6-8H,1H2,2-5H3;3*1-2H3/b11-6+,12-8+,13-10?;10-8+,11-7+;;;. The number of allylic oxidation sites excluding steroid dienone is 6. The minimum Gasteiger partial charge on any atom is -0.493 e. The second-order valence-corrected chi connectivity index (χ2v) is 7.32. The van der Waals surface area contributed by atoms with Crippen LogP contribution >= 0.6 is 0 Å². The topological polar surface area (TPSA) is 43.2 Å². The first-order valence-electron chi connectivity index (χ1n) is 12.9. The molecule has 0 saturated heterocycles. The fraction of sp³-hybridized carbons (Fsp3) is 0.600. The van der Waals surface area contributed by atoms with Crippen LogP contribution in [-0.2, 0) is 9.47 Å². The Morgan fingerprint density at radius 3 is 1.94 bits per heavy atom. The lowest BCUT2D eigenvalue weighted by atomic mass is 9.81. The number of aliphatic imine (C=N–C) groups is 2. The summed E-state index contributed by atoms with van der Waals surface area (Å²) >= 11 is 0. The molecule has 0 aromatic heterocycles. The van der Waals surface area contributed by atoms with Crippen LogP contribution in [0.15, 0.2) is 69.7 Å². The van der Waals surface area contributed by atoms with Crippen molar-refractivity contribution in [3.8, 4) is 0 Å². The Labute approximate surface area is 212 Å². The molecule has 2 heterocycles. The molecule has 0 aromatic carbocycles. The van der Waals surface area contributed by atoms with Crippen molar-refractivity contribution < 1.29 is 9.47 Å². The van der Waals surface area contributed by atoms with Crippen LogP contribution in [0.3, 0.4) is 0 Å². The van der Waals surface area contributed by atoms with Crippen LogP contribution in [-0.4, -0.2) is 32.2 Å². The van der Waals surface area contributed by atoms with Crippen LogP contribution in [0.1, 0.15) is 95.4 Å². The van der Waals surface area contributed by atoms with E-state index in [0.717, 1.165) is 48.7 Å². The Hall–Kier alpha value is -2.36. The molecule has 0 atom stereocenters. The second-order valence-electron chi connectivity index (χ2n) is 7.32. The Morgan fingerprint density at radius 2 is 1.47 bits per heavy atom. The number of rotatable bonds is 3. The third-order valence-corrected chi connectivity index (χ3v) is 5.04. The Morgan fingerprint density at radius 1 is 0.941 bits per heavy atom. The number of nitrogens with zero attached hydrogens (tertiary/aromatic N) is 2. The van der Waals surface area contributed by atoms with E-state index in [-0.39, 0.29) is 5.41 Å². The molecule has 0 bridgehead atoms. The molecule has 0 aromatic rings. The Bertz CT molecular complexity index is 733. The SMILES string of the molecule is C=C/C=C1\C(=C/C)N=C(C)C1(C)C.CC.CC.CC.COC1=C/CCCN=C(C)C/C=C\1OC. The molecule has 4 nitrogen and oxygen atoms in total. The number of ether oxygens (including phenoxy) is 2. The van der Waals surface area contributed by atoms with Crippen molar-refractivity contribution in [3.63, 3.8) is 0 Å². The maximum absolute atomic E-state index is 5.29. The van der Waals surface area contributed by atoms with Crippen molar-refractivity contribution in [1.29, 1.82) is 0 Å². The zero-order chi connectivity index (χ0) is 27.2. The first-order valence-corrected chi connectivity index (χ1v) is 12.9. The predicted octanol–water partition coefficient (Wildman–Crippen LogP) is 9.27. The third-order valence-electron chi connectivity index (χ3n) is 5.04. The van der Waals surface area contributed by atoms with Gasteiger partial charge < -0.3 is 9.47 Å². The quantitative estimate of drug-likeness (QED) is 0.409. The molecular formula is C30H54N2O2. The maximum Gasteiger partial charge on any atom is 0.156 e. The van der Waals surface area contributed by atoms with E-state index in [0.29, 0.717) is 0 Å². The molecule has 0 unspecified atom stereocenters. The summed E-state index contributed by atoms with van der Waals surface area (Å²) in [6.07, 6.45) is 12.9. The lowest BCUT2D eigenvalue weighted by Gasteiger charge is -2.20. The van der Waals surface area contributed by atoms with Gasteiger partial charge in [0.25, 0.3) is 0 Å². The lowest BCUT2D eigenvalue weighted by molar-refractivity contribution is 0.218. The molecule has 0 radical (unpaired) electrons. The highest BCUT2D eigenvalue weighted by atomic mass is 16.5. The zero-order valence-corrected chi connectivity index (χ0v) is 24.6. The molecule has 0 saturated carbocycles. The van der Waals surface area contributed by atoms with Gasteiger partial charge in [0.1, 0.15) is 0 Å². The van der Waals surface area contributed by atoms with E-state index in [2.05, 4.69) is 49.5 Å². The van der Waals surface area contributed by atoms with Crippen molar-refractivity contribution >= 4 is 11.4 Å². The van der Waals surface area contributed by atoms with Crippen molar-refractivity contribution in [3.05, 3.63) is 59.7 Å². The van der Waals surface area contributed by atoms with E-state index in [1.54, 1.807) is 14.2 Å². The van der Waals surface area contributed by atoms with Gasteiger partial charge in [0.15, 0.2) is 11.5 Å². The van der Waals surface area contributed by atoms with Crippen LogP contribution < -0.4 is 0 Å². The van der Waals surface area contributed by atoms with E-state index in [1.807, 2.05) is 73.6 Å². The van der Waals surface area contributed by atoms with Gasteiger partial charge in [-0.15, -0.1) is 0 Å². The molecule has 0 aliphatic carbocycles. The number of hydrogen-bond acceptors (Lipinski definition) is 4. The van der Waals surface area contributed by atoms with Gasteiger partial charge in [-0.05, 0) is 51.3 Å². The number of hydrogen-bond donors (Lipinski definition) is 0. The first kappa shape index (κ1) is 36.2. The molecule has 0 fully saturated rings. The average molecular weight is 475 g/mol. The minimum atomic E-state index is 0.0655. The van der Waals surface area contributed by atoms with Crippen molar-refractivity contribution in [2.45, 2.75) is 95.4 Å². The fourth-order valence-electron chi connectivity index (χ4n) is 3.00. The smallest absolute Gasteiger partial charge is 0.156 e. The normalized spacial score (nSPS) is 21.9. The van der Waals surface area contributed by atoms with E-state index < -0.39 is 0 Å². The molecule has 196 valence electrons. The third kappa shape index (κ3) is 12.8. The van der Waals surface area contributed by atoms with E-state index in [9.17, 15) is 0 Å². The minimum absolute atomic E-state index is 0.0655. The van der Waals surface area contributed by atoms with Gasteiger partial charge in [0.05, 0.1) is 19.9 Å². The summed E-state index contributed by atoms with van der Waals surface area (Å²) in [6, 6.07) is 0. The zero-order valence-electron chi connectivity index (χ0n) is 24.6. The fourth-order valence-corrected chi connectivity index (χ4v) is 3.00. The van der Waals surface area contributed by atoms with Gasteiger partial charge in [-0.2, -0.15) is 0 Å². The molecular weight excluding hydrogens is 420 g/mol. The van der Waals surface area contributed by atoms with Crippen LogP contribution in [0, 0.1) is 5.41 Å². The molecule has 4 heteroatoms. The molecule has 34 heavy (non-hydrogen) atoms. The van der Waals surface area contributed by atoms with Crippen LogP contribution in [0.25, 0.3) is 0 Å². The van der Waals surface area contributed by atoms with Gasteiger partial charge in [0.2, 0.25) is 0 Å². The average Bonchev–Trinajstić information content (AvgIpc) is 3.10. The van der Waals surface area contributed by atoms with Gasteiger partial charge in [-0.1, -0.05) is 80.2 Å². The maximum atomic E-state index is 5.29. The lowest BCUT2D eigenvalue weighted by Crippen LogP contribution is -2.18. The van der Waals surface area contributed by atoms with E-state index in [4.69, 9.17) is 9.47 Å². The number of methoxy groups -OCH3 is 2. The highest BCUT2D eigenvalue weighted by Gasteiger charge is 2.33. The molecule has 0 spiro atoms. The summed E-state index contributed by atoms with van der Waals surface area (Å²) in [5, 5.41) is 0. The Kier molecular flexibility index (Phi) is 23.9. The van der Waals surface area contributed by atoms with Crippen LogP contribution in [0.2, 0.25) is 0 Å². The highest BCUT2D eigenvalue weighted by molar-refractivity contribution is 5.95. The first-order chi connectivity index (χ1) is 16.3. The van der Waals surface area contributed by atoms with Crippen LogP contribution in [0.5, 0.6) is 0 Å². The molecule has 2 aliphatic heterocycles. The summed E-state index contributed by atoms with van der Waals surface area (Å²) in [6.45, 7) is 27.1. The van der Waals surface area contributed by atoms with Crippen molar-refractivity contribution in [1.82, 2.24) is 0 Å². The van der Waals surface area contributed by atoms with E-state index in [1.165, 1.54) is 11.3 Å². The summed E-state index contributed by atoms with van der Waals surface area (Å²) in [4.78, 5) is 8.97. The molecule has 0 N–H and O–H groups in total. The summed E-state index contributed by atoms with van der Waals surface area (Å²) in [7, 11) is 3.34. The second kappa shape index (κ2) is 22.4. The summed E-state index contributed by atoms with van der Waals surface area (Å²) in [5.74, 6) is 1.63. The molecule has 2 aliphatic rings. The predicted molar refractivity (Wildman–Crippen MR) is 155 cm³/mol. The van der Waals surface area contributed by atoms with Crippen molar-refractivity contribution in [2.75, 3.05) is 20.8 Å². The summed E-state index contributed by atoms with van der Waals surface area (Å²) in [5.41, 5.74) is 4.73. The van der Waals surface area contributed by atoms with Gasteiger partial charge in [-0.3, -0.25) is 9.98 Å². The van der Waals surface area contributed by atoms with Crippen molar-refractivity contribution in [2.24, 2.45) is 15.4 Å². The summed E-state index contributed by atoms with van der Waals surface area (Å²) < 4.78 is 10.6. The monoisotopic (exact) mass is 474 g/mol. The van der Waals surface area contributed by atoms with E-state index >= 15 is 0 Å². The highest BCUT2D eigenvalue weighted by Crippen LogP contribution is 2.40.